The van der Waals surface area contributed by atoms with Crippen molar-refractivity contribution in [2.75, 3.05) is 10.6 Å². The normalized spacial score (nSPS) is 13.9. The first-order valence-corrected chi connectivity index (χ1v) is 11.8. The Hall–Kier alpha value is -4.82. The lowest BCUT2D eigenvalue weighted by Gasteiger charge is -2.36. The third kappa shape index (κ3) is 6.37. The molecule has 0 radical (unpaired) electrons. The molecule has 0 fully saturated rings. The molecule has 0 saturated heterocycles. The van der Waals surface area contributed by atoms with E-state index in [-0.39, 0.29) is 11.1 Å². The number of benzene rings is 3. The topological polar surface area (TPSA) is 82.0 Å². The van der Waals surface area contributed by atoms with Crippen molar-refractivity contribution in [2.24, 2.45) is 0 Å². The zero-order chi connectivity index (χ0) is 34.3. The Bertz CT molecular complexity index is 1670. The van der Waals surface area contributed by atoms with E-state index >= 15 is 4.39 Å². The minimum Gasteiger partial charge on any atom is -0.321 e. The molecule has 1 atom stereocenters. The average molecular weight is 659 g/mol. The Morgan fingerprint density at radius 2 is 1.33 bits per heavy atom. The van der Waals surface area contributed by atoms with Crippen LogP contribution in [0.25, 0.3) is 0 Å². The largest absolute Gasteiger partial charge is 0.457 e. The van der Waals surface area contributed by atoms with Crippen molar-refractivity contribution < 1.29 is 66.7 Å². The van der Waals surface area contributed by atoms with Gasteiger partial charge in [0.15, 0.2) is 5.82 Å². The predicted octanol–water partition coefficient (Wildman–Crippen LogP) is 8.45. The number of halogens is 13. The van der Waals surface area contributed by atoms with Gasteiger partial charge in [-0.15, -0.1) is 0 Å². The molecule has 0 aliphatic heterocycles. The third-order valence-corrected chi connectivity index (χ3v) is 6.22. The van der Waals surface area contributed by atoms with Crippen molar-refractivity contribution in [3.8, 4) is 6.07 Å². The van der Waals surface area contributed by atoms with Crippen molar-refractivity contribution in [2.45, 2.75) is 37.0 Å². The van der Waals surface area contributed by atoms with Gasteiger partial charge >= 0.3 is 30.1 Å². The van der Waals surface area contributed by atoms with Crippen LogP contribution in [-0.2, 0) is 11.8 Å². The highest BCUT2D eigenvalue weighted by atomic mass is 19.4. The van der Waals surface area contributed by atoms with Gasteiger partial charge < -0.3 is 10.6 Å². The minimum atomic E-state index is -7.27. The van der Waals surface area contributed by atoms with E-state index in [1.54, 1.807) is 6.07 Å². The summed E-state index contributed by atoms with van der Waals surface area (Å²) < 4.78 is 178. The lowest BCUT2D eigenvalue weighted by Crippen LogP contribution is -2.59. The molecule has 2 amide bonds. The first-order valence-electron chi connectivity index (χ1n) is 11.8. The SMILES string of the molecule is Cc1cc(C(F)(C(F)(F)F)C(F)(F)C(F)(F)F)cc(C(F)(F)F)c1NC(=O)c1cccc(NC(=O)c2ccc(C#N)cc2)c1F. The molecule has 0 heterocycles. The van der Waals surface area contributed by atoms with E-state index in [1.807, 2.05) is 0 Å². The summed E-state index contributed by atoms with van der Waals surface area (Å²) in [5.41, 5.74) is -16.4. The maximum Gasteiger partial charge on any atom is 0.457 e. The molecule has 3 aromatic carbocycles. The van der Waals surface area contributed by atoms with Crippen LogP contribution in [0.15, 0.2) is 54.6 Å². The Kier molecular flexibility index (Phi) is 8.93. The number of carbonyl (C=O) groups excluding carboxylic acids is 2. The van der Waals surface area contributed by atoms with Crippen LogP contribution in [0, 0.1) is 24.1 Å². The van der Waals surface area contributed by atoms with Crippen molar-refractivity contribution in [3.05, 3.63) is 93.8 Å². The van der Waals surface area contributed by atoms with Crippen molar-refractivity contribution in [3.63, 3.8) is 0 Å². The summed E-state index contributed by atoms with van der Waals surface area (Å²) in [6.07, 6.45) is -20.2. The van der Waals surface area contributed by atoms with Crippen LogP contribution in [0.3, 0.4) is 0 Å². The van der Waals surface area contributed by atoms with E-state index in [4.69, 9.17) is 5.26 Å². The first-order chi connectivity index (χ1) is 20.5. The van der Waals surface area contributed by atoms with Crippen molar-refractivity contribution in [1.82, 2.24) is 0 Å². The van der Waals surface area contributed by atoms with Gasteiger partial charge in [0.05, 0.1) is 34.1 Å². The van der Waals surface area contributed by atoms with Gasteiger partial charge in [-0.05, 0) is 55.0 Å². The number of hydrogen-bond donors (Lipinski definition) is 2. The average Bonchev–Trinajstić information content (AvgIpc) is 2.92. The fourth-order valence-electron chi connectivity index (χ4n) is 3.97. The molecule has 0 bridgehead atoms. The molecule has 0 aliphatic carbocycles. The molecule has 0 spiro atoms. The quantitative estimate of drug-likeness (QED) is 0.261. The molecule has 5 nitrogen and oxygen atoms in total. The van der Waals surface area contributed by atoms with Gasteiger partial charge in [0, 0.05) is 11.1 Å². The highest BCUT2D eigenvalue weighted by molar-refractivity contribution is 6.08. The van der Waals surface area contributed by atoms with E-state index in [9.17, 15) is 62.3 Å². The Morgan fingerprint density at radius 3 is 1.82 bits per heavy atom. The zero-order valence-electron chi connectivity index (χ0n) is 21.9. The van der Waals surface area contributed by atoms with Gasteiger partial charge in [-0.3, -0.25) is 9.59 Å². The summed E-state index contributed by atoms with van der Waals surface area (Å²) in [7, 11) is 0. The van der Waals surface area contributed by atoms with Crippen LogP contribution in [0.1, 0.15) is 43.0 Å². The van der Waals surface area contributed by atoms with Gasteiger partial charge in [0.25, 0.3) is 11.8 Å². The lowest BCUT2D eigenvalue weighted by molar-refractivity contribution is -0.389. The monoisotopic (exact) mass is 659 g/mol. The molecule has 3 aromatic rings. The van der Waals surface area contributed by atoms with Gasteiger partial charge in [-0.25, -0.2) is 8.78 Å². The summed E-state index contributed by atoms with van der Waals surface area (Å²) in [6.45, 7) is 0.432. The Labute approximate surface area is 243 Å². The molecule has 0 aliphatic rings. The fraction of sp³-hybridized carbons (Fsp3) is 0.222. The highest BCUT2D eigenvalue weighted by Crippen LogP contribution is 2.59. The van der Waals surface area contributed by atoms with Gasteiger partial charge in [0.1, 0.15) is 0 Å². The minimum absolute atomic E-state index is 0.0901. The van der Waals surface area contributed by atoms with E-state index in [0.717, 1.165) is 12.1 Å². The van der Waals surface area contributed by atoms with Gasteiger partial charge in [-0.1, -0.05) is 12.1 Å². The summed E-state index contributed by atoms with van der Waals surface area (Å²) in [6, 6.07) is 7.83. The van der Waals surface area contributed by atoms with E-state index < -0.39 is 93.5 Å². The number of nitrogens with one attached hydrogen (secondary N) is 2. The molecule has 18 heteroatoms. The predicted molar refractivity (Wildman–Crippen MR) is 129 cm³/mol. The second-order valence-corrected chi connectivity index (χ2v) is 9.21. The molecular weight excluding hydrogens is 645 g/mol. The molecule has 3 rings (SSSR count). The van der Waals surface area contributed by atoms with E-state index in [0.29, 0.717) is 13.0 Å². The Balaban J connectivity index is 2.07. The number of nitriles is 1. The van der Waals surface area contributed by atoms with Crippen LogP contribution in [0.4, 0.5) is 68.5 Å². The highest BCUT2D eigenvalue weighted by Gasteiger charge is 2.81. The molecule has 45 heavy (non-hydrogen) atoms. The molecule has 0 saturated carbocycles. The summed E-state index contributed by atoms with van der Waals surface area (Å²) in [5.74, 6) is -11.5. The summed E-state index contributed by atoms with van der Waals surface area (Å²) in [5, 5.41) is 12.4. The summed E-state index contributed by atoms with van der Waals surface area (Å²) in [4.78, 5) is 25.2. The van der Waals surface area contributed by atoms with Crippen LogP contribution in [0.5, 0.6) is 0 Å². The summed E-state index contributed by atoms with van der Waals surface area (Å²) >= 11 is 0. The van der Waals surface area contributed by atoms with Crippen LogP contribution < -0.4 is 10.6 Å². The van der Waals surface area contributed by atoms with Gasteiger partial charge in [-0.2, -0.15) is 53.6 Å². The number of hydrogen-bond acceptors (Lipinski definition) is 3. The third-order valence-electron chi connectivity index (χ3n) is 6.22. The van der Waals surface area contributed by atoms with Crippen molar-refractivity contribution >= 4 is 23.2 Å². The second-order valence-electron chi connectivity index (χ2n) is 9.21. The number of aryl methyl sites for hydroxylation is 1. The number of nitrogens with zero attached hydrogens (tertiary/aromatic N) is 1. The molecule has 2 N–H and O–H groups in total. The van der Waals surface area contributed by atoms with Crippen molar-refractivity contribution in [1.29, 1.82) is 5.26 Å². The first kappa shape index (κ1) is 34.7. The maximum absolute atomic E-state index is 15.1. The number of anilines is 2. The molecule has 1 unspecified atom stereocenters. The van der Waals surface area contributed by atoms with Crippen LogP contribution >= 0.6 is 0 Å². The Morgan fingerprint density at radius 1 is 0.756 bits per heavy atom. The van der Waals surface area contributed by atoms with E-state index in [1.165, 1.54) is 29.6 Å². The van der Waals surface area contributed by atoms with Gasteiger partial charge in [0.2, 0.25) is 0 Å². The smallest absolute Gasteiger partial charge is 0.321 e. The fourth-order valence-corrected chi connectivity index (χ4v) is 3.97. The molecular formula is C27H14F13N3O2. The lowest BCUT2D eigenvalue weighted by atomic mass is 9.85. The van der Waals surface area contributed by atoms with Crippen LogP contribution in [-0.4, -0.2) is 30.1 Å². The second kappa shape index (κ2) is 11.6. The van der Waals surface area contributed by atoms with E-state index in [2.05, 4.69) is 5.32 Å². The zero-order valence-corrected chi connectivity index (χ0v) is 21.9. The maximum atomic E-state index is 15.1. The molecule has 0 aromatic heterocycles. The number of rotatable bonds is 6. The van der Waals surface area contributed by atoms with Crippen LogP contribution in [0.2, 0.25) is 0 Å². The number of amides is 2. The molecule has 240 valence electrons. The number of alkyl halides is 12. The number of carbonyl (C=O) groups is 2. The standard InChI is InChI=1S/C27H14F13N3O2/c1-12-9-15(23(29,26(35,36)37)25(33,34)27(38,39)40)10-17(24(30,31)32)20(12)43-22(45)16-3-2-4-18(19(16)28)42-21(44)14-7-5-13(11-41)6-8-14/h2-10H,1H3,(H,42,44)(H,43,45).